The Hall–Kier alpha value is -1.39. The van der Waals surface area contributed by atoms with Crippen LogP contribution >= 0.6 is 0 Å². The fourth-order valence-electron chi connectivity index (χ4n) is 2.02. The lowest BCUT2D eigenvalue weighted by molar-refractivity contribution is -0.139. The molecule has 1 aromatic carbocycles. The maximum absolute atomic E-state index is 12.2. The van der Waals surface area contributed by atoms with Gasteiger partial charge in [-0.05, 0) is 12.5 Å². The van der Waals surface area contributed by atoms with E-state index in [1.807, 2.05) is 37.3 Å². The molecular weight excluding hydrogens is 216 g/mol. The van der Waals surface area contributed by atoms with E-state index in [0.29, 0.717) is 19.7 Å². The van der Waals surface area contributed by atoms with E-state index in [0.717, 1.165) is 5.56 Å². The molecule has 0 saturated carbocycles. The molecule has 0 aromatic heterocycles. The maximum atomic E-state index is 12.2. The molecular formula is C13H18N2O2. The second kappa shape index (κ2) is 5.29. The Balaban J connectivity index is 2.04. The van der Waals surface area contributed by atoms with Crippen molar-refractivity contribution in [3.8, 4) is 0 Å². The van der Waals surface area contributed by atoms with Crippen LogP contribution < -0.4 is 5.73 Å². The van der Waals surface area contributed by atoms with Crippen molar-refractivity contribution in [1.82, 2.24) is 4.90 Å². The minimum absolute atomic E-state index is 0.0219. The third kappa shape index (κ3) is 2.84. The Bertz CT molecular complexity index is 380. The molecule has 0 bridgehead atoms. The molecule has 0 spiro atoms. The van der Waals surface area contributed by atoms with Gasteiger partial charge in [0.05, 0.1) is 12.7 Å². The van der Waals surface area contributed by atoms with Crippen molar-refractivity contribution in [3.63, 3.8) is 0 Å². The molecule has 0 aliphatic carbocycles. The molecule has 1 fully saturated rings. The first kappa shape index (κ1) is 12.1. The second-order valence-corrected chi connectivity index (χ2v) is 4.35. The van der Waals surface area contributed by atoms with Crippen LogP contribution in [0.25, 0.3) is 0 Å². The topological polar surface area (TPSA) is 55.6 Å². The molecule has 17 heavy (non-hydrogen) atoms. The van der Waals surface area contributed by atoms with Crippen LogP contribution in [0.4, 0.5) is 0 Å². The van der Waals surface area contributed by atoms with Gasteiger partial charge >= 0.3 is 0 Å². The third-order valence-electron chi connectivity index (χ3n) is 2.98. The first-order valence-electron chi connectivity index (χ1n) is 5.89. The Morgan fingerprint density at radius 1 is 1.47 bits per heavy atom. The number of benzene rings is 1. The summed E-state index contributed by atoms with van der Waals surface area (Å²) in [6.45, 7) is 3.81. The van der Waals surface area contributed by atoms with Gasteiger partial charge in [-0.2, -0.15) is 0 Å². The standard InChI is InChI=1S/C13H18N2O2/c1-10-9-15(7-8-17-10)13(16)12(14)11-5-3-2-4-6-11/h2-6,10,12H,7-9,14H2,1H3/t10-,12-/m1/s1. The Labute approximate surface area is 101 Å². The van der Waals surface area contributed by atoms with Gasteiger partial charge in [-0.25, -0.2) is 0 Å². The molecule has 92 valence electrons. The first-order chi connectivity index (χ1) is 8.18. The zero-order valence-corrected chi connectivity index (χ0v) is 10.0. The van der Waals surface area contributed by atoms with E-state index < -0.39 is 6.04 Å². The molecule has 0 radical (unpaired) electrons. The minimum Gasteiger partial charge on any atom is -0.375 e. The molecule has 2 atom stereocenters. The van der Waals surface area contributed by atoms with Gasteiger partial charge < -0.3 is 15.4 Å². The molecule has 2 N–H and O–H groups in total. The average molecular weight is 234 g/mol. The minimum atomic E-state index is -0.568. The summed E-state index contributed by atoms with van der Waals surface area (Å²) in [5.41, 5.74) is 6.84. The number of morpholine rings is 1. The summed E-state index contributed by atoms with van der Waals surface area (Å²) >= 11 is 0. The van der Waals surface area contributed by atoms with E-state index in [-0.39, 0.29) is 12.0 Å². The van der Waals surface area contributed by atoms with Crippen molar-refractivity contribution in [2.24, 2.45) is 5.73 Å². The fraction of sp³-hybridized carbons (Fsp3) is 0.462. The number of hydrogen-bond donors (Lipinski definition) is 1. The van der Waals surface area contributed by atoms with Crippen LogP contribution in [0.3, 0.4) is 0 Å². The smallest absolute Gasteiger partial charge is 0.244 e. The number of ether oxygens (including phenoxy) is 1. The number of carbonyl (C=O) groups is 1. The van der Waals surface area contributed by atoms with E-state index in [2.05, 4.69) is 0 Å². The van der Waals surface area contributed by atoms with Gasteiger partial charge in [0, 0.05) is 13.1 Å². The van der Waals surface area contributed by atoms with Gasteiger partial charge in [0.25, 0.3) is 0 Å². The summed E-state index contributed by atoms with van der Waals surface area (Å²) in [7, 11) is 0. The van der Waals surface area contributed by atoms with Gasteiger partial charge in [0.2, 0.25) is 5.91 Å². The lowest BCUT2D eigenvalue weighted by atomic mass is 10.1. The van der Waals surface area contributed by atoms with Crippen LogP contribution in [0.2, 0.25) is 0 Å². The van der Waals surface area contributed by atoms with E-state index in [9.17, 15) is 4.79 Å². The molecule has 4 heteroatoms. The zero-order valence-electron chi connectivity index (χ0n) is 10.0. The molecule has 1 saturated heterocycles. The Kier molecular flexibility index (Phi) is 3.76. The van der Waals surface area contributed by atoms with Crippen molar-refractivity contribution in [2.75, 3.05) is 19.7 Å². The maximum Gasteiger partial charge on any atom is 0.244 e. The number of nitrogens with zero attached hydrogens (tertiary/aromatic N) is 1. The van der Waals surface area contributed by atoms with Crippen molar-refractivity contribution >= 4 is 5.91 Å². The summed E-state index contributed by atoms with van der Waals surface area (Å²) in [5, 5.41) is 0. The van der Waals surface area contributed by atoms with Crippen LogP contribution in [0.5, 0.6) is 0 Å². The Morgan fingerprint density at radius 3 is 2.82 bits per heavy atom. The molecule has 4 nitrogen and oxygen atoms in total. The summed E-state index contributed by atoms with van der Waals surface area (Å²) in [6.07, 6.45) is 0.0932. The molecule has 1 aliphatic rings. The quantitative estimate of drug-likeness (QED) is 0.828. The largest absolute Gasteiger partial charge is 0.375 e. The van der Waals surface area contributed by atoms with Crippen molar-refractivity contribution < 1.29 is 9.53 Å². The van der Waals surface area contributed by atoms with Crippen LogP contribution in [0.15, 0.2) is 30.3 Å². The Morgan fingerprint density at radius 2 is 2.18 bits per heavy atom. The second-order valence-electron chi connectivity index (χ2n) is 4.35. The number of carbonyl (C=O) groups excluding carboxylic acids is 1. The first-order valence-corrected chi connectivity index (χ1v) is 5.89. The summed E-state index contributed by atoms with van der Waals surface area (Å²) in [5.74, 6) is -0.0219. The van der Waals surface area contributed by atoms with Gasteiger partial charge in [0.15, 0.2) is 0 Å². The lowest BCUT2D eigenvalue weighted by Crippen LogP contribution is -2.47. The highest BCUT2D eigenvalue weighted by atomic mass is 16.5. The highest BCUT2D eigenvalue weighted by Gasteiger charge is 2.26. The predicted molar refractivity (Wildman–Crippen MR) is 65.4 cm³/mol. The number of hydrogen-bond acceptors (Lipinski definition) is 3. The zero-order chi connectivity index (χ0) is 12.3. The van der Waals surface area contributed by atoms with E-state index in [1.54, 1.807) is 4.90 Å². The van der Waals surface area contributed by atoms with Gasteiger partial charge in [0.1, 0.15) is 6.04 Å². The van der Waals surface area contributed by atoms with E-state index >= 15 is 0 Å². The molecule has 1 aromatic rings. The summed E-state index contributed by atoms with van der Waals surface area (Å²) < 4.78 is 5.41. The van der Waals surface area contributed by atoms with E-state index in [4.69, 9.17) is 10.5 Å². The average Bonchev–Trinajstić information content (AvgIpc) is 2.38. The molecule has 2 rings (SSSR count). The number of rotatable bonds is 2. The van der Waals surface area contributed by atoms with Crippen molar-refractivity contribution in [1.29, 1.82) is 0 Å². The van der Waals surface area contributed by atoms with Crippen molar-refractivity contribution in [2.45, 2.75) is 19.1 Å². The molecule has 1 heterocycles. The normalized spacial score (nSPS) is 22.2. The highest BCUT2D eigenvalue weighted by Crippen LogP contribution is 2.15. The number of nitrogens with two attached hydrogens (primary N) is 1. The van der Waals surface area contributed by atoms with E-state index in [1.165, 1.54) is 0 Å². The lowest BCUT2D eigenvalue weighted by Gasteiger charge is -2.32. The molecule has 1 amide bonds. The fourth-order valence-corrected chi connectivity index (χ4v) is 2.02. The third-order valence-corrected chi connectivity index (χ3v) is 2.98. The SMILES string of the molecule is C[C@@H]1CN(C(=O)[C@H](N)c2ccccc2)CCO1. The monoisotopic (exact) mass is 234 g/mol. The highest BCUT2D eigenvalue weighted by molar-refractivity contribution is 5.83. The summed E-state index contributed by atoms with van der Waals surface area (Å²) in [4.78, 5) is 14.0. The van der Waals surface area contributed by atoms with Gasteiger partial charge in [-0.15, -0.1) is 0 Å². The van der Waals surface area contributed by atoms with Gasteiger partial charge in [-0.3, -0.25) is 4.79 Å². The van der Waals surface area contributed by atoms with Crippen LogP contribution in [-0.4, -0.2) is 36.6 Å². The van der Waals surface area contributed by atoms with Crippen LogP contribution in [0.1, 0.15) is 18.5 Å². The number of amides is 1. The van der Waals surface area contributed by atoms with Crippen LogP contribution in [0, 0.1) is 0 Å². The molecule has 1 aliphatic heterocycles. The van der Waals surface area contributed by atoms with Crippen LogP contribution in [-0.2, 0) is 9.53 Å². The molecule has 0 unspecified atom stereocenters. The van der Waals surface area contributed by atoms with Crippen molar-refractivity contribution in [3.05, 3.63) is 35.9 Å². The summed E-state index contributed by atoms with van der Waals surface area (Å²) in [6, 6.07) is 8.90. The van der Waals surface area contributed by atoms with Gasteiger partial charge in [-0.1, -0.05) is 30.3 Å². The predicted octanol–water partition coefficient (Wildman–Crippen LogP) is 0.934.